The van der Waals surface area contributed by atoms with Crippen molar-refractivity contribution in [3.05, 3.63) is 27.0 Å². The Kier molecular flexibility index (Phi) is 2.38. The summed E-state index contributed by atoms with van der Waals surface area (Å²) < 4.78 is 2.30. The number of thiol groups is 1. The number of hydrogen-bond acceptors (Lipinski definition) is 2. The van der Waals surface area contributed by atoms with Crippen molar-refractivity contribution in [2.75, 3.05) is 0 Å². The van der Waals surface area contributed by atoms with E-state index in [-0.39, 0.29) is 0 Å². The van der Waals surface area contributed by atoms with Crippen molar-refractivity contribution in [1.82, 2.24) is 0 Å². The quantitative estimate of drug-likeness (QED) is 0.669. The smallest absolute Gasteiger partial charge is 0.0546 e. The molecule has 1 heterocycles. The molecule has 0 amide bonds. The zero-order chi connectivity index (χ0) is 8.72. The summed E-state index contributed by atoms with van der Waals surface area (Å²) in [6.45, 7) is 0. The van der Waals surface area contributed by atoms with E-state index in [9.17, 15) is 0 Å². The maximum absolute atomic E-state index is 5.92. The van der Waals surface area contributed by atoms with Gasteiger partial charge in [0.25, 0.3) is 0 Å². The van der Waals surface area contributed by atoms with E-state index in [1.54, 1.807) is 11.3 Å². The molecule has 0 spiro atoms. The van der Waals surface area contributed by atoms with Crippen LogP contribution in [0.1, 0.15) is 0 Å². The van der Waals surface area contributed by atoms with Gasteiger partial charge in [0.2, 0.25) is 0 Å². The van der Waals surface area contributed by atoms with Gasteiger partial charge in [-0.1, -0.05) is 11.6 Å². The fourth-order valence-corrected chi connectivity index (χ4v) is 3.03. The topological polar surface area (TPSA) is 0 Å². The molecule has 0 radical (unpaired) electrons. The van der Waals surface area contributed by atoms with Crippen LogP contribution in [0.25, 0.3) is 10.1 Å². The third kappa shape index (κ3) is 1.39. The lowest BCUT2D eigenvalue weighted by Crippen LogP contribution is -1.69. The highest BCUT2D eigenvalue weighted by atomic mass is 79.9. The molecule has 0 aliphatic heterocycles. The van der Waals surface area contributed by atoms with Crippen LogP contribution in [0.2, 0.25) is 5.02 Å². The minimum Gasteiger partial charge on any atom is -0.143 e. The van der Waals surface area contributed by atoms with E-state index in [0.717, 1.165) is 14.8 Å². The predicted octanol–water partition coefficient (Wildman–Crippen LogP) is 4.61. The monoisotopic (exact) mass is 278 g/mol. The molecule has 0 bridgehead atoms. The van der Waals surface area contributed by atoms with Gasteiger partial charge in [-0.25, -0.2) is 0 Å². The number of fused-ring (bicyclic) bond motifs is 1. The maximum Gasteiger partial charge on any atom is 0.0546 e. The molecule has 0 saturated carbocycles. The minimum absolute atomic E-state index is 0.699. The van der Waals surface area contributed by atoms with Gasteiger partial charge in [0.15, 0.2) is 0 Å². The van der Waals surface area contributed by atoms with Crippen LogP contribution in [0.3, 0.4) is 0 Å². The number of thiophene rings is 1. The molecule has 0 atom stereocenters. The first-order chi connectivity index (χ1) is 5.68. The van der Waals surface area contributed by atoms with Gasteiger partial charge in [-0.3, -0.25) is 0 Å². The van der Waals surface area contributed by atoms with Gasteiger partial charge in [0.1, 0.15) is 0 Å². The van der Waals surface area contributed by atoms with E-state index in [1.165, 1.54) is 4.70 Å². The Hall–Kier alpha value is 0.300. The second-order valence-electron chi connectivity index (χ2n) is 2.38. The van der Waals surface area contributed by atoms with Gasteiger partial charge in [0.05, 0.1) is 5.02 Å². The lowest BCUT2D eigenvalue weighted by Gasteiger charge is -1.96. The Balaban J connectivity index is 2.87. The van der Waals surface area contributed by atoms with Gasteiger partial charge >= 0.3 is 0 Å². The van der Waals surface area contributed by atoms with Gasteiger partial charge in [0, 0.05) is 24.8 Å². The molecule has 2 aromatic rings. The highest BCUT2D eigenvalue weighted by Crippen LogP contribution is 2.35. The standard InChI is InChI=1S/C8H4BrClS2/c9-5-3-12-8-2-7(11)6(10)1-4(5)8/h1-3,11H. The molecule has 0 saturated heterocycles. The molecule has 0 unspecified atom stereocenters. The Labute approximate surface area is 93.1 Å². The summed E-state index contributed by atoms with van der Waals surface area (Å²) in [4.78, 5) is 0.832. The molecule has 0 aliphatic rings. The van der Waals surface area contributed by atoms with E-state index in [1.807, 2.05) is 17.5 Å². The lowest BCUT2D eigenvalue weighted by atomic mass is 10.3. The first-order valence-corrected chi connectivity index (χ1v) is 5.73. The summed E-state index contributed by atoms with van der Waals surface area (Å²) in [7, 11) is 0. The highest BCUT2D eigenvalue weighted by molar-refractivity contribution is 9.10. The molecule has 0 N–H and O–H groups in total. The van der Waals surface area contributed by atoms with Crippen molar-refractivity contribution >= 4 is 61.6 Å². The minimum atomic E-state index is 0.699. The van der Waals surface area contributed by atoms with Gasteiger partial charge in [-0.15, -0.1) is 24.0 Å². The van der Waals surface area contributed by atoms with E-state index in [4.69, 9.17) is 11.6 Å². The van der Waals surface area contributed by atoms with Crippen LogP contribution in [-0.2, 0) is 0 Å². The van der Waals surface area contributed by atoms with E-state index in [0.29, 0.717) is 5.02 Å². The normalized spacial score (nSPS) is 10.9. The van der Waals surface area contributed by atoms with E-state index < -0.39 is 0 Å². The van der Waals surface area contributed by atoms with E-state index >= 15 is 0 Å². The summed E-state index contributed by atoms with van der Waals surface area (Å²) >= 11 is 15.3. The number of rotatable bonds is 0. The summed E-state index contributed by atoms with van der Waals surface area (Å²) in [5, 5.41) is 3.90. The highest BCUT2D eigenvalue weighted by Gasteiger charge is 2.04. The summed E-state index contributed by atoms with van der Waals surface area (Å²) in [6.07, 6.45) is 0. The van der Waals surface area contributed by atoms with Crippen LogP contribution in [0.4, 0.5) is 0 Å². The van der Waals surface area contributed by atoms with Crippen molar-refractivity contribution in [3.63, 3.8) is 0 Å². The third-order valence-electron chi connectivity index (χ3n) is 1.60. The van der Waals surface area contributed by atoms with Crippen LogP contribution in [0.15, 0.2) is 26.9 Å². The Morgan fingerprint density at radius 3 is 2.92 bits per heavy atom. The molecule has 0 fully saturated rings. The molecular formula is C8H4BrClS2. The third-order valence-corrected chi connectivity index (χ3v) is 4.31. The summed E-state index contributed by atoms with van der Waals surface area (Å²) in [6, 6.07) is 3.91. The van der Waals surface area contributed by atoms with Crippen molar-refractivity contribution in [1.29, 1.82) is 0 Å². The molecule has 2 rings (SSSR count). The van der Waals surface area contributed by atoms with Crippen LogP contribution < -0.4 is 0 Å². The fourth-order valence-electron chi connectivity index (χ4n) is 1.01. The predicted molar refractivity (Wildman–Crippen MR) is 61.8 cm³/mol. The van der Waals surface area contributed by atoms with Crippen LogP contribution >= 0.6 is 51.5 Å². The lowest BCUT2D eigenvalue weighted by molar-refractivity contribution is 1.54. The van der Waals surface area contributed by atoms with Gasteiger partial charge < -0.3 is 0 Å². The van der Waals surface area contributed by atoms with Crippen LogP contribution in [-0.4, -0.2) is 0 Å². The van der Waals surface area contributed by atoms with Gasteiger partial charge in [-0.2, -0.15) is 0 Å². The Morgan fingerprint density at radius 2 is 2.17 bits per heavy atom. The summed E-state index contributed by atoms with van der Waals surface area (Å²) in [5.41, 5.74) is 0. The second kappa shape index (κ2) is 3.22. The molecule has 0 aliphatic carbocycles. The van der Waals surface area contributed by atoms with Gasteiger partial charge in [-0.05, 0) is 28.1 Å². The zero-order valence-electron chi connectivity index (χ0n) is 5.84. The Morgan fingerprint density at radius 1 is 1.42 bits per heavy atom. The molecule has 62 valence electrons. The van der Waals surface area contributed by atoms with Crippen molar-refractivity contribution in [2.24, 2.45) is 0 Å². The summed E-state index contributed by atoms with van der Waals surface area (Å²) in [5.74, 6) is 0. The van der Waals surface area contributed by atoms with Crippen LogP contribution in [0, 0.1) is 0 Å². The van der Waals surface area contributed by atoms with Crippen molar-refractivity contribution < 1.29 is 0 Å². The molecule has 1 aromatic carbocycles. The molecular weight excluding hydrogens is 276 g/mol. The zero-order valence-corrected chi connectivity index (χ0v) is 9.90. The van der Waals surface area contributed by atoms with Crippen LogP contribution in [0.5, 0.6) is 0 Å². The average Bonchev–Trinajstić information content (AvgIpc) is 2.35. The first kappa shape index (κ1) is 8.88. The largest absolute Gasteiger partial charge is 0.143 e. The average molecular weight is 280 g/mol. The fraction of sp³-hybridized carbons (Fsp3) is 0. The Bertz CT molecular complexity index is 436. The molecule has 12 heavy (non-hydrogen) atoms. The number of halogens is 2. The maximum atomic E-state index is 5.92. The van der Waals surface area contributed by atoms with E-state index in [2.05, 4.69) is 28.6 Å². The number of benzene rings is 1. The van der Waals surface area contributed by atoms with Crippen molar-refractivity contribution in [3.8, 4) is 0 Å². The molecule has 0 nitrogen and oxygen atoms in total. The first-order valence-electron chi connectivity index (χ1n) is 3.23. The number of hydrogen-bond donors (Lipinski definition) is 1. The SMILES string of the molecule is Sc1cc2scc(Br)c2cc1Cl. The molecule has 4 heteroatoms. The molecule has 1 aromatic heterocycles. The second-order valence-corrected chi connectivity index (χ2v) is 5.04. The van der Waals surface area contributed by atoms with Crippen molar-refractivity contribution in [2.45, 2.75) is 4.90 Å².